The van der Waals surface area contributed by atoms with E-state index in [2.05, 4.69) is 4.99 Å². The van der Waals surface area contributed by atoms with Gasteiger partial charge in [-0.1, -0.05) is 71.9 Å². The summed E-state index contributed by atoms with van der Waals surface area (Å²) in [5.74, 6) is -0.611. The average Bonchev–Trinajstić information content (AvgIpc) is 3.19. The molecular weight excluding hydrogens is 532 g/mol. The molecule has 1 heterocycles. The van der Waals surface area contributed by atoms with E-state index in [9.17, 15) is 31.4 Å². The number of aliphatic imine (C=N–C) groups is 1. The van der Waals surface area contributed by atoms with Gasteiger partial charge in [0.15, 0.2) is 11.8 Å². The number of para-hydroxylation sites is 1. The number of fused-ring (bicyclic) bond motifs is 1. The molecule has 40 heavy (non-hydrogen) atoms. The molecule has 1 N–H and O–H groups in total. The number of ether oxygens (including phenoxy) is 1. The molecule has 0 fully saturated rings. The lowest BCUT2D eigenvalue weighted by atomic mass is 9.75. The normalized spacial score (nSPS) is 18.4. The second-order valence-corrected chi connectivity index (χ2v) is 12.1. The summed E-state index contributed by atoms with van der Waals surface area (Å²) < 4.78 is 88.8. The van der Waals surface area contributed by atoms with Crippen molar-refractivity contribution in [3.05, 3.63) is 88.5 Å². The Hall–Kier alpha value is -3.49. The highest BCUT2D eigenvalue weighted by atomic mass is 19.4. The standard InChI is InChI=1S/C31H31F6NO2/c1-28(2,3)21-15-17(16-22(25(21)39)29(4,5)6)24-20-9-7-8-10-23(20)40-26(24)27(31(35,36)37)38-19-13-11-18(12-14-19)30(32,33)34/h7-16,24,26,39H,1-6H3. The smallest absolute Gasteiger partial charge is 0.433 e. The Balaban J connectivity index is 1.94. The largest absolute Gasteiger partial charge is 0.507 e. The maximum Gasteiger partial charge on any atom is 0.433 e. The molecule has 0 amide bonds. The molecule has 1 aliphatic rings. The van der Waals surface area contributed by atoms with Crippen molar-refractivity contribution in [1.29, 1.82) is 0 Å². The molecule has 4 rings (SSSR count). The van der Waals surface area contributed by atoms with Gasteiger partial charge < -0.3 is 9.84 Å². The maximum absolute atomic E-state index is 14.6. The van der Waals surface area contributed by atoms with E-state index in [-0.39, 0.29) is 17.2 Å². The van der Waals surface area contributed by atoms with Gasteiger partial charge in [-0.05, 0) is 57.9 Å². The van der Waals surface area contributed by atoms with Crippen molar-refractivity contribution in [2.45, 2.75) is 76.7 Å². The highest BCUT2D eigenvalue weighted by Gasteiger charge is 2.50. The molecule has 3 nitrogen and oxygen atoms in total. The van der Waals surface area contributed by atoms with E-state index in [0.717, 1.165) is 12.1 Å². The third-order valence-electron chi connectivity index (χ3n) is 6.92. The van der Waals surface area contributed by atoms with Crippen molar-refractivity contribution in [3.63, 3.8) is 0 Å². The average molecular weight is 564 g/mol. The van der Waals surface area contributed by atoms with E-state index < -0.39 is 46.5 Å². The number of aromatic hydroxyl groups is 1. The minimum atomic E-state index is -4.95. The van der Waals surface area contributed by atoms with Crippen molar-refractivity contribution < 1.29 is 36.2 Å². The Morgan fingerprint density at radius 1 is 0.775 bits per heavy atom. The quantitative estimate of drug-likeness (QED) is 0.255. The fourth-order valence-corrected chi connectivity index (χ4v) is 4.91. The predicted molar refractivity (Wildman–Crippen MR) is 143 cm³/mol. The lowest BCUT2D eigenvalue weighted by Gasteiger charge is -2.30. The van der Waals surface area contributed by atoms with E-state index in [1.807, 2.05) is 41.5 Å². The van der Waals surface area contributed by atoms with Gasteiger partial charge in [-0.25, -0.2) is 4.99 Å². The topological polar surface area (TPSA) is 41.8 Å². The van der Waals surface area contributed by atoms with Crippen molar-refractivity contribution in [1.82, 2.24) is 0 Å². The van der Waals surface area contributed by atoms with Crippen LogP contribution in [0.25, 0.3) is 0 Å². The Morgan fingerprint density at radius 3 is 1.77 bits per heavy atom. The molecule has 1 aliphatic heterocycles. The van der Waals surface area contributed by atoms with Gasteiger partial charge in [0.2, 0.25) is 0 Å². The first-order chi connectivity index (χ1) is 18.3. The number of hydrogen-bond acceptors (Lipinski definition) is 3. The van der Waals surface area contributed by atoms with E-state index >= 15 is 0 Å². The van der Waals surface area contributed by atoms with Gasteiger partial charge in [0.25, 0.3) is 0 Å². The summed E-state index contributed by atoms with van der Waals surface area (Å²) in [7, 11) is 0. The molecule has 0 spiro atoms. The predicted octanol–water partition coefficient (Wildman–Crippen LogP) is 9.23. The zero-order chi connectivity index (χ0) is 29.8. The van der Waals surface area contributed by atoms with E-state index in [1.54, 1.807) is 36.4 Å². The first kappa shape index (κ1) is 29.5. The maximum atomic E-state index is 14.6. The van der Waals surface area contributed by atoms with Crippen molar-refractivity contribution in [2.24, 2.45) is 4.99 Å². The third-order valence-corrected chi connectivity index (χ3v) is 6.92. The molecule has 0 saturated carbocycles. The first-order valence-electron chi connectivity index (χ1n) is 12.7. The van der Waals surface area contributed by atoms with Gasteiger partial charge in [0, 0.05) is 5.56 Å². The molecule has 0 aliphatic carbocycles. The van der Waals surface area contributed by atoms with Gasteiger partial charge in [0.05, 0.1) is 17.2 Å². The number of hydrogen-bond donors (Lipinski definition) is 1. The fraction of sp³-hybridized carbons (Fsp3) is 0.387. The summed E-state index contributed by atoms with van der Waals surface area (Å²) in [5.41, 5.74) is -1.43. The SMILES string of the molecule is CC(C)(C)c1cc(C2c3ccccc3OC2C(=Nc2ccc(C(F)(F)F)cc2)C(F)(F)F)cc(C(C)(C)C)c1O. The third kappa shape index (κ3) is 5.83. The minimum absolute atomic E-state index is 0.0852. The lowest BCUT2D eigenvalue weighted by Crippen LogP contribution is -2.40. The molecule has 0 saturated heterocycles. The zero-order valence-electron chi connectivity index (χ0n) is 23.0. The second-order valence-electron chi connectivity index (χ2n) is 12.1. The van der Waals surface area contributed by atoms with E-state index in [1.165, 1.54) is 0 Å². The first-order valence-corrected chi connectivity index (χ1v) is 12.7. The van der Waals surface area contributed by atoms with Crippen LogP contribution in [0.5, 0.6) is 11.5 Å². The highest BCUT2D eigenvalue weighted by molar-refractivity contribution is 5.97. The number of rotatable bonds is 3. The van der Waals surface area contributed by atoms with Gasteiger partial charge in [-0.15, -0.1) is 0 Å². The number of benzene rings is 3. The molecule has 214 valence electrons. The zero-order valence-corrected chi connectivity index (χ0v) is 23.0. The Bertz CT molecular complexity index is 1390. The molecule has 9 heteroatoms. The highest BCUT2D eigenvalue weighted by Crippen LogP contribution is 2.48. The molecule has 2 atom stereocenters. The van der Waals surface area contributed by atoms with E-state index in [0.29, 0.717) is 34.4 Å². The fourth-order valence-electron chi connectivity index (χ4n) is 4.91. The number of nitrogens with zero attached hydrogens (tertiary/aromatic N) is 1. The summed E-state index contributed by atoms with van der Waals surface area (Å²) >= 11 is 0. The molecule has 3 aromatic rings. The van der Waals surface area contributed by atoms with Gasteiger partial charge >= 0.3 is 12.4 Å². The summed E-state index contributed by atoms with van der Waals surface area (Å²) in [4.78, 5) is 3.80. The Labute approximate surface area is 229 Å². The van der Waals surface area contributed by atoms with Crippen LogP contribution in [0.1, 0.15) is 75.3 Å². The second kappa shape index (κ2) is 9.85. The monoisotopic (exact) mass is 563 g/mol. The molecule has 0 radical (unpaired) electrons. The number of alkyl halides is 6. The van der Waals surface area contributed by atoms with Crippen molar-refractivity contribution >= 4 is 11.4 Å². The van der Waals surface area contributed by atoms with Crippen LogP contribution in [0.4, 0.5) is 32.0 Å². The van der Waals surface area contributed by atoms with E-state index in [4.69, 9.17) is 4.74 Å². The van der Waals surface area contributed by atoms with Crippen LogP contribution >= 0.6 is 0 Å². The van der Waals surface area contributed by atoms with Gasteiger partial charge in [-0.3, -0.25) is 0 Å². The Morgan fingerprint density at radius 2 is 1.30 bits per heavy atom. The van der Waals surface area contributed by atoms with Crippen LogP contribution < -0.4 is 4.74 Å². The van der Waals surface area contributed by atoms with Gasteiger partial charge in [0.1, 0.15) is 11.5 Å². The minimum Gasteiger partial charge on any atom is -0.507 e. The summed E-state index contributed by atoms with van der Waals surface area (Å²) in [6.07, 6.45) is -11.2. The lowest BCUT2D eigenvalue weighted by molar-refractivity contribution is -0.137. The number of phenolic OH excluding ortho intramolecular Hbond substituents is 1. The molecule has 3 aromatic carbocycles. The number of halogens is 6. The summed E-state index contributed by atoms with van der Waals surface area (Å²) in [6.45, 7) is 11.4. The molecule has 0 bridgehead atoms. The molecular formula is C31H31F6NO2. The van der Waals surface area contributed by atoms with Gasteiger partial charge in [-0.2, -0.15) is 26.3 Å². The van der Waals surface area contributed by atoms with Crippen molar-refractivity contribution in [2.75, 3.05) is 0 Å². The molecule has 0 aromatic heterocycles. The van der Waals surface area contributed by atoms with Crippen molar-refractivity contribution in [3.8, 4) is 11.5 Å². The summed E-state index contributed by atoms with van der Waals surface area (Å²) in [6, 6.07) is 13.2. The van der Waals surface area contributed by atoms with Crippen LogP contribution in [-0.4, -0.2) is 23.1 Å². The number of phenols is 1. The van der Waals surface area contributed by atoms with Crippen LogP contribution in [0, 0.1) is 0 Å². The molecule has 2 unspecified atom stereocenters. The van der Waals surface area contributed by atoms with Crippen LogP contribution in [0.2, 0.25) is 0 Å². The summed E-state index contributed by atoms with van der Waals surface area (Å²) in [5, 5.41) is 11.2. The van der Waals surface area contributed by atoms with Crippen LogP contribution in [0.15, 0.2) is 65.7 Å². The van der Waals surface area contributed by atoms with Crippen LogP contribution in [0.3, 0.4) is 0 Å². The van der Waals surface area contributed by atoms with Crippen LogP contribution in [-0.2, 0) is 17.0 Å². The Kier molecular flexibility index (Phi) is 7.27.